The topological polar surface area (TPSA) is 39.4 Å². The van der Waals surface area contributed by atoms with Crippen molar-refractivity contribution in [2.24, 2.45) is 0 Å². The maximum Gasteiger partial charge on any atom is 0.204 e. The predicted octanol–water partition coefficient (Wildman–Crippen LogP) is 3.65. The summed E-state index contributed by atoms with van der Waals surface area (Å²) in [5.41, 5.74) is 2.21. The van der Waals surface area contributed by atoms with E-state index in [1.165, 1.54) is 0 Å². The van der Waals surface area contributed by atoms with Crippen LogP contribution >= 0.6 is 0 Å². The SMILES string of the molecule is CCOc1cccc2oc3cc(C)ccc3c(=O)c12. The summed E-state index contributed by atoms with van der Waals surface area (Å²) in [6.07, 6.45) is 0. The molecule has 1 aromatic heterocycles. The van der Waals surface area contributed by atoms with E-state index in [-0.39, 0.29) is 5.43 Å². The van der Waals surface area contributed by atoms with E-state index in [0.717, 1.165) is 5.56 Å². The molecule has 0 amide bonds. The first-order chi connectivity index (χ1) is 9.20. The second-order valence-corrected chi connectivity index (χ2v) is 4.49. The smallest absolute Gasteiger partial charge is 0.204 e. The number of aryl methyl sites for hydroxylation is 1. The molecular weight excluding hydrogens is 240 g/mol. The standard InChI is InChI=1S/C16H14O3/c1-3-18-12-5-4-6-13-15(12)16(17)11-8-7-10(2)9-14(11)19-13/h4-9H,3H2,1-2H3. The van der Waals surface area contributed by atoms with Crippen molar-refractivity contribution in [3.63, 3.8) is 0 Å². The van der Waals surface area contributed by atoms with Crippen LogP contribution in [-0.4, -0.2) is 6.61 Å². The average molecular weight is 254 g/mol. The molecule has 0 unspecified atom stereocenters. The highest BCUT2D eigenvalue weighted by Crippen LogP contribution is 2.26. The number of hydrogen-bond donors (Lipinski definition) is 0. The van der Waals surface area contributed by atoms with Crippen LogP contribution < -0.4 is 10.2 Å². The zero-order valence-corrected chi connectivity index (χ0v) is 10.9. The minimum Gasteiger partial charge on any atom is -0.493 e. The molecular formula is C16H14O3. The van der Waals surface area contributed by atoms with Crippen LogP contribution in [0.25, 0.3) is 21.9 Å². The van der Waals surface area contributed by atoms with Gasteiger partial charge in [-0.25, -0.2) is 0 Å². The molecule has 1 heterocycles. The Bertz CT molecular complexity index is 815. The predicted molar refractivity (Wildman–Crippen MR) is 75.9 cm³/mol. The maximum atomic E-state index is 12.6. The van der Waals surface area contributed by atoms with Crippen molar-refractivity contribution >= 4 is 21.9 Å². The largest absolute Gasteiger partial charge is 0.493 e. The lowest BCUT2D eigenvalue weighted by Crippen LogP contribution is -2.05. The molecule has 0 saturated heterocycles. The van der Waals surface area contributed by atoms with E-state index in [1.54, 1.807) is 18.2 Å². The van der Waals surface area contributed by atoms with Crippen molar-refractivity contribution < 1.29 is 9.15 Å². The Kier molecular flexibility index (Phi) is 2.75. The second-order valence-electron chi connectivity index (χ2n) is 4.49. The van der Waals surface area contributed by atoms with E-state index in [1.807, 2.05) is 32.0 Å². The van der Waals surface area contributed by atoms with Crippen molar-refractivity contribution in [2.45, 2.75) is 13.8 Å². The van der Waals surface area contributed by atoms with Crippen LogP contribution in [0, 0.1) is 6.92 Å². The summed E-state index contributed by atoms with van der Waals surface area (Å²) in [5, 5.41) is 1.10. The number of hydrogen-bond acceptors (Lipinski definition) is 3. The van der Waals surface area contributed by atoms with Gasteiger partial charge in [0.15, 0.2) is 0 Å². The van der Waals surface area contributed by atoms with Crippen LogP contribution in [0.3, 0.4) is 0 Å². The van der Waals surface area contributed by atoms with Gasteiger partial charge in [0.25, 0.3) is 0 Å². The Morgan fingerprint density at radius 2 is 2.00 bits per heavy atom. The molecule has 3 heteroatoms. The molecule has 0 N–H and O–H groups in total. The molecule has 0 spiro atoms. The van der Waals surface area contributed by atoms with Crippen LogP contribution in [0.4, 0.5) is 0 Å². The zero-order chi connectivity index (χ0) is 13.4. The molecule has 0 fully saturated rings. The van der Waals surface area contributed by atoms with E-state index in [9.17, 15) is 4.79 Å². The zero-order valence-electron chi connectivity index (χ0n) is 10.9. The molecule has 0 aliphatic heterocycles. The Hall–Kier alpha value is -2.29. The lowest BCUT2D eigenvalue weighted by molar-refractivity contribution is 0.344. The minimum absolute atomic E-state index is 0.0414. The average Bonchev–Trinajstić information content (AvgIpc) is 2.38. The molecule has 19 heavy (non-hydrogen) atoms. The van der Waals surface area contributed by atoms with Crippen LogP contribution in [-0.2, 0) is 0 Å². The third-order valence-corrected chi connectivity index (χ3v) is 3.12. The van der Waals surface area contributed by atoms with Crippen molar-refractivity contribution in [3.05, 3.63) is 52.2 Å². The molecule has 2 aromatic carbocycles. The number of rotatable bonds is 2. The third-order valence-electron chi connectivity index (χ3n) is 3.12. The molecule has 0 aliphatic carbocycles. The van der Waals surface area contributed by atoms with E-state index in [4.69, 9.17) is 9.15 Å². The summed E-state index contributed by atoms with van der Waals surface area (Å²) in [4.78, 5) is 12.6. The molecule has 0 saturated carbocycles. The van der Waals surface area contributed by atoms with Crippen LogP contribution in [0.1, 0.15) is 12.5 Å². The Labute approximate surface area is 110 Å². The first kappa shape index (κ1) is 11.8. The first-order valence-electron chi connectivity index (χ1n) is 6.29. The maximum absolute atomic E-state index is 12.6. The number of ether oxygens (including phenoxy) is 1. The fourth-order valence-electron chi connectivity index (χ4n) is 2.25. The Balaban J connectivity index is 2.47. The molecule has 3 aromatic rings. The van der Waals surface area contributed by atoms with Gasteiger partial charge >= 0.3 is 0 Å². The third kappa shape index (κ3) is 1.87. The van der Waals surface area contributed by atoms with Crippen molar-refractivity contribution in [1.82, 2.24) is 0 Å². The quantitative estimate of drug-likeness (QED) is 0.655. The van der Waals surface area contributed by atoms with Gasteiger partial charge in [-0.1, -0.05) is 12.1 Å². The summed E-state index contributed by atoms with van der Waals surface area (Å²) in [6.45, 7) is 4.38. The molecule has 0 bridgehead atoms. The van der Waals surface area contributed by atoms with Gasteiger partial charge in [-0.15, -0.1) is 0 Å². The van der Waals surface area contributed by atoms with E-state index in [0.29, 0.717) is 34.3 Å². The fourth-order valence-corrected chi connectivity index (χ4v) is 2.25. The van der Waals surface area contributed by atoms with Gasteiger partial charge in [-0.05, 0) is 43.7 Å². The minimum atomic E-state index is -0.0414. The second kappa shape index (κ2) is 4.43. The lowest BCUT2D eigenvalue weighted by atomic mass is 10.1. The summed E-state index contributed by atoms with van der Waals surface area (Å²) < 4.78 is 11.3. The molecule has 96 valence electrons. The normalized spacial score (nSPS) is 11.1. The molecule has 0 radical (unpaired) electrons. The fraction of sp³-hybridized carbons (Fsp3) is 0.188. The van der Waals surface area contributed by atoms with Crippen LogP contribution in [0.5, 0.6) is 5.75 Å². The number of fused-ring (bicyclic) bond motifs is 2. The highest BCUT2D eigenvalue weighted by molar-refractivity contribution is 5.93. The summed E-state index contributed by atoms with van der Waals surface area (Å²) >= 11 is 0. The highest BCUT2D eigenvalue weighted by Gasteiger charge is 2.12. The van der Waals surface area contributed by atoms with Gasteiger partial charge in [0, 0.05) is 0 Å². The van der Waals surface area contributed by atoms with Crippen LogP contribution in [0.2, 0.25) is 0 Å². The highest BCUT2D eigenvalue weighted by atomic mass is 16.5. The van der Waals surface area contributed by atoms with Gasteiger partial charge in [-0.2, -0.15) is 0 Å². The molecule has 0 aliphatic rings. The van der Waals surface area contributed by atoms with Gasteiger partial charge in [0.1, 0.15) is 22.3 Å². The van der Waals surface area contributed by atoms with Crippen molar-refractivity contribution in [3.8, 4) is 5.75 Å². The Morgan fingerprint density at radius 1 is 1.16 bits per heavy atom. The Morgan fingerprint density at radius 3 is 2.79 bits per heavy atom. The molecule has 3 rings (SSSR count). The van der Waals surface area contributed by atoms with E-state index < -0.39 is 0 Å². The van der Waals surface area contributed by atoms with Gasteiger partial charge in [0.05, 0.1) is 12.0 Å². The van der Waals surface area contributed by atoms with E-state index >= 15 is 0 Å². The van der Waals surface area contributed by atoms with Gasteiger partial charge in [-0.3, -0.25) is 4.79 Å². The van der Waals surface area contributed by atoms with Crippen molar-refractivity contribution in [1.29, 1.82) is 0 Å². The summed E-state index contributed by atoms with van der Waals surface area (Å²) in [6, 6.07) is 11.0. The van der Waals surface area contributed by atoms with Crippen LogP contribution in [0.15, 0.2) is 45.6 Å². The molecule has 3 nitrogen and oxygen atoms in total. The summed E-state index contributed by atoms with van der Waals surface area (Å²) in [7, 11) is 0. The summed E-state index contributed by atoms with van der Waals surface area (Å²) in [5.74, 6) is 0.580. The monoisotopic (exact) mass is 254 g/mol. The lowest BCUT2D eigenvalue weighted by Gasteiger charge is -2.07. The van der Waals surface area contributed by atoms with E-state index in [2.05, 4.69) is 0 Å². The first-order valence-corrected chi connectivity index (χ1v) is 6.29. The van der Waals surface area contributed by atoms with Gasteiger partial charge < -0.3 is 9.15 Å². The van der Waals surface area contributed by atoms with Crippen molar-refractivity contribution in [2.75, 3.05) is 6.61 Å². The number of benzene rings is 2. The van der Waals surface area contributed by atoms with Gasteiger partial charge in [0.2, 0.25) is 5.43 Å². The molecule has 0 atom stereocenters.